The van der Waals surface area contributed by atoms with E-state index in [0.29, 0.717) is 23.9 Å². The maximum absolute atomic E-state index is 12.7. The summed E-state index contributed by atoms with van der Waals surface area (Å²) in [4.78, 5) is 3.39. The Morgan fingerprint density at radius 3 is 2.47 bits per heavy atom. The lowest BCUT2D eigenvalue weighted by molar-refractivity contribution is 0.263. The van der Waals surface area contributed by atoms with Crippen LogP contribution in [-0.4, -0.2) is 50.8 Å². The maximum atomic E-state index is 12.7. The Balaban J connectivity index is 2.30. The Morgan fingerprint density at radius 2 is 2.05 bits per heavy atom. The molecule has 0 saturated carbocycles. The zero-order valence-corrected chi connectivity index (χ0v) is 14.8. The molecule has 0 aromatic carbocycles. The molecule has 0 spiro atoms. The van der Waals surface area contributed by atoms with Crippen LogP contribution in [0.4, 0.5) is 0 Å². The first-order chi connectivity index (χ1) is 8.73. The summed E-state index contributed by atoms with van der Waals surface area (Å²) in [6, 6.07) is 2.00. The SMILES string of the molecule is Cc1sc(Br)cc1S(=O)(=O)N1CC(C)C(N(C)C)C1. The van der Waals surface area contributed by atoms with Gasteiger partial charge in [0, 0.05) is 24.0 Å². The molecule has 2 unspecified atom stereocenters. The van der Waals surface area contributed by atoms with Crippen LogP contribution in [0.5, 0.6) is 0 Å². The van der Waals surface area contributed by atoms with Gasteiger partial charge in [0.2, 0.25) is 10.0 Å². The molecule has 0 N–H and O–H groups in total. The maximum Gasteiger partial charge on any atom is 0.244 e. The first-order valence-corrected chi connectivity index (χ1v) is 9.21. The van der Waals surface area contributed by atoms with Crippen molar-refractivity contribution in [1.29, 1.82) is 0 Å². The summed E-state index contributed by atoms with van der Waals surface area (Å²) in [5.74, 6) is 0.354. The third kappa shape index (κ3) is 2.90. The van der Waals surface area contributed by atoms with E-state index in [1.165, 1.54) is 11.3 Å². The van der Waals surface area contributed by atoms with E-state index in [-0.39, 0.29) is 6.04 Å². The van der Waals surface area contributed by atoms with E-state index < -0.39 is 10.0 Å². The number of rotatable bonds is 3. The Labute approximate surface area is 127 Å². The number of aryl methyl sites for hydroxylation is 1. The minimum atomic E-state index is -3.36. The molecule has 0 aliphatic carbocycles. The van der Waals surface area contributed by atoms with Crippen LogP contribution >= 0.6 is 27.3 Å². The fourth-order valence-corrected chi connectivity index (χ4v) is 6.54. The predicted molar refractivity (Wildman–Crippen MR) is 82.2 cm³/mol. The van der Waals surface area contributed by atoms with Crippen molar-refractivity contribution in [3.8, 4) is 0 Å². The molecule has 0 amide bonds. The van der Waals surface area contributed by atoms with Gasteiger partial charge in [-0.3, -0.25) is 0 Å². The highest BCUT2D eigenvalue weighted by Crippen LogP contribution is 2.34. The lowest BCUT2D eigenvalue weighted by atomic mass is 10.1. The molecule has 1 aliphatic rings. The van der Waals surface area contributed by atoms with E-state index >= 15 is 0 Å². The second kappa shape index (κ2) is 5.44. The van der Waals surface area contributed by atoms with Crippen LogP contribution in [0.2, 0.25) is 0 Å². The van der Waals surface area contributed by atoms with Crippen molar-refractivity contribution in [2.75, 3.05) is 27.2 Å². The second-order valence-electron chi connectivity index (χ2n) is 5.30. The third-order valence-corrected chi connectivity index (χ3v) is 7.30. The molecule has 1 fully saturated rings. The number of hydrogen-bond donors (Lipinski definition) is 0. The monoisotopic (exact) mass is 366 g/mol. The quantitative estimate of drug-likeness (QED) is 0.824. The van der Waals surface area contributed by atoms with E-state index in [4.69, 9.17) is 0 Å². The molecule has 1 aromatic rings. The molecule has 108 valence electrons. The van der Waals surface area contributed by atoms with Crippen LogP contribution in [0.3, 0.4) is 0 Å². The normalized spacial score (nSPS) is 25.4. The van der Waals surface area contributed by atoms with Crippen molar-refractivity contribution in [3.63, 3.8) is 0 Å². The molecule has 1 aliphatic heterocycles. The largest absolute Gasteiger partial charge is 0.305 e. The van der Waals surface area contributed by atoms with Crippen LogP contribution < -0.4 is 0 Å². The Hall–Kier alpha value is 0.0500. The summed E-state index contributed by atoms with van der Waals surface area (Å²) < 4.78 is 27.8. The zero-order valence-electron chi connectivity index (χ0n) is 11.6. The standard InChI is InChI=1S/C12H19BrN2O2S2/c1-8-6-15(7-10(8)14(3)4)19(16,17)11-5-12(13)18-9(11)2/h5,8,10H,6-7H2,1-4H3. The van der Waals surface area contributed by atoms with Gasteiger partial charge in [0.1, 0.15) is 0 Å². The van der Waals surface area contributed by atoms with E-state index in [0.717, 1.165) is 8.66 Å². The molecule has 2 rings (SSSR count). The molecular formula is C12H19BrN2O2S2. The average molecular weight is 367 g/mol. The van der Waals surface area contributed by atoms with Gasteiger partial charge in [0.25, 0.3) is 0 Å². The molecule has 2 heterocycles. The van der Waals surface area contributed by atoms with Gasteiger partial charge in [0.15, 0.2) is 0 Å². The van der Waals surface area contributed by atoms with E-state index in [1.54, 1.807) is 10.4 Å². The Kier molecular flexibility index (Phi) is 4.42. The fourth-order valence-electron chi connectivity index (χ4n) is 2.60. The highest BCUT2D eigenvalue weighted by atomic mass is 79.9. The van der Waals surface area contributed by atoms with Crippen LogP contribution in [-0.2, 0) is 10.0 Å². The molecular weight excluding hydrogens is 348 g/mol. The van der Waals surface area contributed by atoms with Gasteiger partial charge in [0.05, 0.1) is 8.68 Å². The minimum Gasteiger partial charge on any atom is -0.305 e. The summed E-state index contributed by atoms with van der Waals surface area (Å²) >= 11 is 4.82. The molecule has 0 bridgehead atoms. The number of sulfonamides is 1. The Bertz CT molecular complexity index is 568. The van der Waals surface area contributed by atoms with Gasteiger partial charge < -0.3 is 4.90 Å². The highest BCUT2D eigenvalue weighted by molar-refractivity contribution is 9.11. The number of halogens is 1. The topological polar surface area (TPSA) is 40.6 Å². The van der Waals surface area contributed by atoms with E-state index in [9.17, 15) is 8.42 Å². The number of thiophene rings is 1. The van der Waals surface area contributed by atoms with E-state index in [2.05, 4.69) is 27.8 Å². The number of nitrogens with zero attached hydrogens (tertiary/aromatic N) is 2. The van der Waals surface area contributed by atoms with E-state index in [1.807, 2.05) is 21.0 Å². The second-order valence-corrected chi connectivity index (χ2v) is 9.84. The smallest absolute Gasteiger partial charge is 0.244 e. The molecule has 7 heteroatoms. The van der Waals surface area contributed by atoms with Gasteiger partial charge in [-0.25, -0.2) is 8.42 Å². The minimum absolute atomic E-state index is 0.289. The van der Waals surface area contributed by atoms with Crippen molar-refractivity contribution in [2.24, 2.45) is 5.92 Å². The van der Waals surface area contributed by atoms with Crippen LogP contribution in [0.15, 0.2) is 14.7 Å². The lowest BCUT2D eigenvalue weighted by Gasteiger charge is -2.22. The third-order valence-electron chi connectivity index (χ3n) is 3.66. The zero-order chi connectivity index (χ0) is 14.4. The first kappa shape index (κ1) is 15.4. The Morgan fingerprint density at radius 1 is 1.42 bits per heavy atom. The summed E-state index contributed by atoms with van der Waals surface area (Å²) in [5.41, 5.74) is 0. The molecule has 4 nitrogen and oxygen atoms in total. The summed E-state index contributed by atoms with van der Waals surface area (Å²) in [5, 5.41) is 0. The summed E-state index contributed by atoms with van der Waals surface area (Å²) in [6.45, 7) is 5.13. The first-order valence-electron chi connectivity index (χ1n) is 6.16. The van der Waals surface area contributed by atoms with Crippen molar-refractivity contribution in [2.45, 2.75) is 24.8 Å². The molecule has 0 radical (unpaired) electrons. The molecule has 1 aromatic heterocycles. The lowest BCUT2D eigenvalue weighted by Crippen LogP contribution is -2.35. The van der Waals surface area contributed by atoms with Gasteiger partial charge in [-0.2, -0.15) is 4.31 Å². The predicted octanol–water partition coefficient (Wildman–Crippen LogP) is 2.39. The van der Waals surface area contributed by atoms with Crippen LogP contribution in [0.1, 0.15) is 11.8 Å². The fraction of sp³-hybridized carbons (Fsp3) is 0.667. The van der Waals surface area contributed by atoms with Crippen molar-refractivity contribution >= 4 is 37.3 Å². The van der Waals surface area contributed by atoms with Crippen molar-refractivity contribution < 1.29 is 8.42 Å². The van der Waals surface area contributed by atoms with Gasteiger partial charge >= 0.3 is 0 Å². The number of hydrogen-bond acceptors (Lipinski definition) is 4. The molecule has 2 atom stereocenters. The molecule has 1 saturated heterocycles. The van der Waals surface area contributed by atoms with Gasteiger partial charge in [-0.15, -0.1) is 11.3 Å². The number of likely N-dealkylation sites (N-methyl/N-ethyl adjacent to an activating group) is 1. The van der Waals surface area contributed by atoms with Crippen molar-refractivity contribution in [1.82, 2.24) is 9.21 Å². The van der Waals surface area contributed by atoms with Gasteiger partial charge in [-0.05, 0) is 48.9 Å². The molecule has 19 heavy (non-hydrogen) atoms. The van der Waals surface area contributed by atoms with Crippen LogP contribution in [0, 0.1) is 12.8 Å². The summed E-state index contributed by atoms with van der Waals surface area (Å²) in [6.07, 6.45) is 0. The summed E-state index contributed by atoms with van der Waals surface area (Å²) in [7, 11) is 0.647. The van der Waals surface area contributed by atoms with Crippen LogP contribution in [0.25, 0.3) is 0 Å². The van der Waals surface area contributed by atoms with Crippen molar-refractivity contribution in [3.05, 3.63) is 14.7 Å². The average Bonchev–Trinajstić information content (AvgIpc) is 2.82. The highest BCUT2D eigenvalue weighted by Gasteiger charge is 2.38. The van der Waals surface area contributed by atoms with Gasteiger partial charge in [-0.1, -0.05) is 6.92 Å².